The first-order valence-electron chi connectivity index (χ1n) is 8.88. The Balaban J connectivity index is 1.70. The Morgan fingerprint density at radius 3 is 2.38 bits per heavy atom. The molecule has 2 unspecified atom stereocenters. The maximum absolute atomic E-state index is 12.7. The van der Waals surface area contributed by atoms with Gasteiger partial charge in [-0.2, -0.15) is 0 Å². The molecule has 0 amide bonds. The van der Waals surface area contributed by atoms with Gasteiger partial charge in [-0.15, -0.1) is 0 Å². The first kappa shape index (κ1) is 21.3. The molecular formula is C21H21ClNO5P. The monoisotopic (exact) mass is 433 g/mol. The summed E-state index contributed by atoms with van der Waals surface area (Å²) >= 11 is 5.95. The van der Waals surface area contributed by atoms with E-state index in [1.807, 2.05) is 54.6 Å². The summed E-state index contributed by atoms with van der Waals surface area (Å²) in [4.78, 5) is 14.0. The highest BCUT2D eigenvalue weighted by molar-refractivity contribution is 7.82. The van der Waals surface area contributed by atoms with Gasteiger partial charge in [0.2, 0.25) is 6.23 Å². The van der Waals surface area contributed by atoms with Crippen LogP contribution in [0.3, 0.4) is 0 Å². The minimum absolute atomic E-state index is 0.176. The predicted molar refractivity (Wildman–Crippen MR) is 113 cm³/mol. The lowest BCUT2D eigenvalue weighted by Crippen LogP contribution is -2.39. The first-order chi connectivity index (χ1) is 13.9. The molecule has 3 aromatic carbocycles. The van der Waals surface area contributed by atoms with Gasteiger partial charge >= 0.3 is 12.9 Å². The molecule has 0 aromatic heterocycles. The number of benzene rings is 3. The lowest BCUT2D eigenvalue weighted by molar-refractivity contribution is -0.160. The van der Waals surface area contributed by atoms with Crippen molar-refractivity contribution in [3.63, 3.8) is 0 Å². The molecule has 0 aliphatic carbocycles. The molecule has 8 heteroatoms. The summed E-state index contributed by atoms with van der Waals surface area (Å²) in [6.07, 6.45) is -1.10. The van der Waals surface area contributed by atoms with Gasteiger partial charge in [0, 0.05) is 16.6 Å². The van der Waals surface area contributed by atoms with Crippen LogP contribution < -0.4 is 4.52 Å². The van der Waals surface area contributed by atoms with E-state index >= 15 is 0 Å². The largest absolute Gasteiger partial charge is 0.532 e. The molecule has 0 radical (unpaired) electrons. The summed E-state index contributed by atoms with van der Waals surface area (Å²) < 4.78 is 28.7. The number of fused-ring (bicyclic) bond motifs is 1. The Morgan fingerprint density at radius 2 is 1.66 bits per heavy atom. The number of hydrogen-bond donors (Lipinski definition) is 0. The quantitative estimate of drug-likeness (QED) is 0.359. The molecule has 0 bridgehead atoms. The number of hydrogen-bond acceptors (Lipinski definition) is 6. The maximum atomic E-state index is 12.7. The van der Waals surface area contributed by atoms with E-state index in [9.17, 15) is 9.36 Å². The van der Waals surface area contributed by atoms with Crippen LogP contribution in [0.15, 0.2) is 72.8 Å². The highest BCUT2D eigenvalue weighted by atomic mass is 35.7. The van der Waals surface area contributed by atoms with Crippen LogP contribution in [0.4, 0.5) is 0 Å². The Bertz CT molecular complexity index is 1020. The zero-order valence-electron chi connectivity index (χ0n) is 16.0. The molecule has 0 saturated carbocycles. The van der Waals surface area contributed by atoms with E-state index in [0.717, 1.165) is 10.9 Å². The second kappa shape index (κ2) is 9.42. The highest BCUT2D eigenvalue weighted by Crippen LogP contribution is 2.54. The van der Waals surface area contributed by atoms with Crippen LogP contribution in [0.5, 0.6) is 5.75 Å². The number of ether oxygens (including phenoxy) is 1. The second-order valence-electron chi connectivity index (χ2n) is 6.52. The van der Waals surface area contributed by atoms with Crippen molar-refractivity contribution in [2.75, 3.05) is 14.1 Å². The number of halogens is 1. The van der Waals surface area contributed by atoms with Crippen molar-refractivity contribution >= 4 is 34.9 Å². The molecule has 0 saturated heterocycles. The molecule has 0 aliphatic heterocycles. The fraction of sp³-hybridized carbons (Fsp3) is 0.190. The SMILES string of the molecule is CN(C)C(OCc1ccccc1)C(=O)OP(=O)(Cl)Oc1cccc2ccccc12. The number of likely N-dealkylation sites (N-methyl/N-ethyl adjacent to an activating group) is 1. The van der Waals surface area contributed by atoms with E-state index in [-0.39, 0.29) is 12.4 Å². The van der Waals surface area contributed by atoms with E-state index in [1.54, 1.807) is 32.3 Å². The van der Waals surface area contributed by atoms with Gasteiger partial charge in [0.1, 0.15) is 5.75 Å². The summed E-state index contributed by atoms with van der Waals surface area (Å²) in [7, 11) is 3.28. The number of carbonyl (C=O) groups is 1. The van der Waals surface area contributed by atoms with Crippen molar-refractivity contribution in [3.05, 3.63) is 78.4 Å². The Kier molecular flexibility index (Phi) is 6.93. The van der Waals surface area contributed by atoms with E-state index < -0.39 is 19.1 Å². The lowest BCUT2D eigenvalue weighted by atomic mass is 10.1. The van der Waals surface area contributed by atoms with E-state index in [2.05, 4.69) is 0 Å². The number of nitrogens with zero attached hydrogens (tertiary/aromatic N) is 1. The van der Waals surface area contributed by atoms with Crippen molar-refractivity contribution in [2.45, 2.75) is 12.8 Å². The van der Waals surface area contributed by atoms with Crippen LogP contribution in [0, 0.1) is 0 Å². The van der Waals surface area contributed by atoms with Crippen molar-refractivity contribution in [1.29, 1.82) is 0 Å². The molecular weight excluding hydrogens is 413 g/mol. The Labute approximate surface area is 174 Å². The molecule has 2 atom stereocenters. The third kappa shape index (κ3) is 5.81. The molecule has 3 rings (SSSR count). The molecule has 152 valence electrons. The average Bonchev–Trinajstić information content (AvgIpc) is 2.68. The summed E-state index contributed by atoms with van der Waals surface area (Å²) in [5.41, 5.74) is 0.883. The number of carbonyl (C=O) groups excluding carboxylic acids is 1. The second-order valence-corrected chi connectivity index (χ2v) is 8.99. The maximum Gasteiger partial charge on any atom is 0.532 e. The number of rotatable bonds is 8. The van der Waals surface area contributed by atoms with Crippen molar-refractivity contribution in [3.8, 4) is 5.75 Å². The molecule has 6 nitrogen and oxygen atoms in total. The summed E-state index contributed by atoms with van der Waals surface area (Å²) in [6.45, 7) is -4.07. The molecule has 0 spiro atoms. The molecule has 0 heterocycles. The van der Waals surface area contributed by atoms with Crippen molar-refractivity contribution in [1.82, 2.24) is 4.90 Å². The minimum atomic E-state index is -4.25. The highest BCUT2D eigenvalue weighted by Gasteiger charge is 2.34. The first-order valence-corrected chi connectivity index (χ1v) is 11.3. The van der Waals surface area contributed by atoms with E-state index in [0.29, 0.717) is 5.39 Å². The fourth-order valence-electron chi connectivity index (χ4n) is 2.74. The third-order valence-electron chi connectivity index (χ3n) is 4.08. The average molecular weight is 434 g/mol. The van der Waals surface area contributed by atoms with Gasteiger partial charge in [-0.1, -0.05) is 66.7 Å². The van der Waals surface area contributed by atoms with Crippen LogP contribution in [-0.2, 0) is 25.2 Å². The van der Waals surface area contributed by atoms with Gasteiger partial charge in [0.25, 0.3) is 0 Å². The smallest absolute Gasteiger partial charge is 0.404 e. The normalized spacial score (nSPS) is 14.3. The fourth-order valence-corrected chi connectivity index (χ4v) is 3.90. The summed E-state index contributed by atoms with van der Waals surface area (Å²) in [6, 6.07) is 22.0. The van der Waals surface area contributed by atoms with Gasteiger partial charge in [0.15, 0.2) is 0 Å². The van der Waals surface area contributed by atoms with Crippen molar-refractivity contribution in [2.24, 2.45) is 0 Å². The van der Waals surface area contributed by atoms with E-state index in [4.69, 9.17) is 25.0 Å². The molecule has 0 fully saturated rings. The van der Waals surface area contributed by atoms with Gasteiger partial charge in [-0.05, 0) is 31.1 Å². The van der Waals surface area contributed by atoms with Gasteiger partial charge in [-0.3, -0.25) is 4.90 Å². The minimum Gasteiger partial charge on any atom is -0.404 e. The lowest BCUT2D eigenvalue weighted by Gasteiger charge is -2.23. The van der Waals surface area contributed by atoms with Crippen LogP contribution in [-0.4, -0.2) is 31.2 Å². The van der Waals surface area contributed by atoms with Crippen LogP contribution in [0.25, 0.3) is 10.8 Å². The van der Waals surface area contributed by atoms with Crippen LogP contribution >= 0.6 is 18.2 Å². The standard InChI is InChI=1S/C21H21ClNO5P/c1-23(2)20(26-15-16-9-4-3-5-10-16)21(24)28-29(22,25)27-19-14-8-12-17-11-6-7-13-18(17)19/h3-14,20H,15H2,1-2H3. The molecule has 29 heavy (non-hydrogen) atoms. The third-order valence-corrected chi connectivity index (χ3v) is 5.30. The van der Waals surface area contributed by atoms with Gasteiger partial charge in [0.05, 0.1) is 6.61 Å². The van der Waals surface area contributed by atoms with Gasteiger partial charge < -0.3 is 13.8 Å². The molecule has 3 aromatic rings. The predicted octanol–water partition coefficient (Wildman–Crippen LogP) is 5.21. The molecule has 0 aliphatic rings. The van der Waals surface area contributed by atoms with E-state index in [1.165, 1.54) is 4.90 Å². The topological polar surface area (TPSA) is 65.1 Å². The summed E-state index contributed by atoms with van der Waals surface area (Å²) in [5, 5.41) is 1.58. The summed E-state index contributed by atoms with van der Waals surface area (Å²) in [5.74, 6) is -0.634. The zero-order chi connectivity index (χ0) is 20.9. The van der Waals surface area contributed by atoms with Crippen LogP contribution in [0.2, 0.25) is 0 Å². The van der Waals surface area contributed by atoms with Crippen LogP contribution in [0.1, 0.15) is 5.56 Å². The Hall–Kier alpha value is -2.37. The zero-order valence-corrected chi connectivity index (χ0v) is 17.7. The molecule has 0 N–H and O–H groups in total. The van der Waals surface area contributed by atoms with Crippen molar-refractivity contribution < 1.29 is 23.1 Å². The Morgan fingerprint density at radius 1 is 1.00 bits per heavy atom. The van der Waals surface area contributed by atoms with Gasteiger partial charge in [-0.25, -0.2) is 9.36 Å².